The largest absolute Gasteiger partial charge is 0.292 e. The molecule has 9 heteroatoms. The number of hydrogen-bond donors (Lipinski definition) is 1. The Kier molecular flexibility index (Phi) is 5.62. The van der Waals surface area contributed by atoms with E-state index in [0.717, 1.165) is 11.1 Å². The molecular formula is C24H17ClN4O3S. The summed E-state index contributed by atoms with van der Waals surface area (Å²) in [5, 5.41) is 7.74. The van der Waals surface area contributed by atoms with E-state index < -0.39 is 16.7 Å². The van der Waals surface area contributed by atoms with Crippen molar-refractivity contribution in [3.63, 3.8) is 0 Å². The van der Waals surface area contributed by atoms with Crippen LogP contribution in [0.1, 0.15) is 17.5 Å². The van der Waals surface area contributed by atoms with E-state index in [-0.39, 0.29) is 12.3 Å². The molecule has 1 aliphatic heterocycles. The second kappa shape index (κ2) is 8.73. The lowest BCUT2D eigenvalue weighted by atomic mass is 10.1. The van der Waals surface area contributed by atoms with Crippen LogP contribution in [-0.2, 0) is 26.1 Å². The first kappa shape index (κ1) is 21.2. The molecular weight excluding hydrogens is 460 g/mol. The number of hydrogen-bond acceptors (Lipinski definition) is 5. The van der Waals surface area contributed by atoms with Gasteiger partial charge in [-0.1, -0.05) is 54.1 Å². The van der Waals surface area contributed by atoms with Crippen molar-refractivity contribution >= 4 is 45.9 Å². The molecule has 1 atom stereocenters. The molecule has 0 aliphatic carbocycles. The molecule has 2 aromatic carbocycles. The number of amides is 2. The van der Waals surface area contributed by atoms with Gasteiger partial charge in [0, 0.05) is 21.7 Å². The van der Waals surface area contributed by atoms with Gasteiger partial charge in [0.2, 0.25) is 5.91 Å². The average Bonchev–Trinajstić information content (AvgIpc) is 3.36. The van der Waals surface area contributed by atoms with Gasteiger partial charge < -0.3 is 0 Å². The van der Waals surface area contributed by atoms with Crippen LogP contribution in [0.15, 0.2) is 77.5 Å². The maximum absolute atomic E-state index is 13.4. The average molecular weight is 477 g/mol. The van der Waals surface area contributed by atoms with Gasteiger partial charge in [0.05, 0.1) is 34.9 Å². The zero-order valence-corrected chi connectivity index (χ0v) is 18.8. The Labute approximate surface area is 196 Å². The number of carbonyl (C=O) groups is 2. The van der Waals surface area contributed by atoms with Crippen LogP contribution in [0.2, 0.25) is 5.02 Å². The summed E-state index contributed by atoms with van der Waals surface area (Å²) in [6.45, 7) is 0. The third-order valence-electron chi connectivity index (χ3n) is 5.21. The second-order valence-electron chi connectivity index (χ2n) is 7.52. The fourth-order valence-electron chi connectivity index (χ4n) is 3.59. The van der Waals surface area contributed by atoms with Gasteiger partial charge >= 0.3 is 0 Å². The van der Waals surface area contributed by atoms with Crippen LogP contribution in [0.4, 0.5) is 0 Å². The molecule has 0 spiro atoms. The predicted octanol–water partition coefficient (Wildman–Crippen LogP) is 3.79. The number of carbonyl (C=O) groups excluding carboxylic acids is 2. The third kappa shape index (κ3) is 4.35. The molecule has 1 unspecified atom stereocenters. The summed E-state index contributed by atoms with van der Waals surface area (Å²) in [6, 6.07) is 18.5. The Bertz CT molecular complexity index is 1450. The fraction of sp³-hybridized carbons (Fsp3) is 0.0833. The maximum Gasteiger partial charge on any atom is 0.254 e. The minimum Gasteiger partial charge on any atom is -0.292 e. The predicted molar refractivity (Wildman–Crippen MR) is 126 cm³/mol. The summed E-state index contributed by atoms with van der Waals surface area (Å²) in [5.41, 5.74) is 3.67. The highest BCUT2D eigenvalue weighted by atomic mass is 35.5. The van der Waals surface area contributed by atoms with Gasteiger partial charge in [-0.15, -0.1) is 0 Å². The van der Waals surface area contributed by atoms with Crippen LogP contribution in [0.3, 0.4) is 0 Å². The van der Waals surface area contributed by atoms with Crippen LogP contribution >= 0.6 is 11.6 Å². The SMILES string of the molecule is O=C1C/C(=C\c2cnn3c(S(=O)Cc4ccccc4)cc(-c4ccc(Cl)cc4)nc23)C(=O)N1. The number of fused-ring (bicyclic) bond motifs is 1. The van der Waals surface area contributed by atoms with Crippen LogP contribution < -0.4 is 5.32 Å². The molecule has 1 aliphatic rings. The smallest absolute Gasteiger partial charge is 0.254 e. The van der Waals surface area contributed by atoms with E-state index in [9.17, 15) is 13.8 Å². The quantitative estimate of drug-likeness (QED) is 0.269. The molecule has 5 rings (SSSR count). The first-order valence-electron chi connectivity index (χ1n) is 10.1. The van der Waals surface area contributed by atoms with E-state index in [0.29, 0.717) is 38.3 Å². The van der Waals surface area contributed by atoms with E-state index in [4.69, 9.17) is 16.6 Å². The molecule has 2 amide bonds. The monoisotopic (exact) mass is 476 g/mol. The lowest BCUT2D eigenvalue weighted by Gasteiger charge is -2.09. The normalized spacial score (nSPS) is 15.8. The van der Waals surface area contributed by atoms with Gasteiger partial charge in [-0.2, -0.15) is 5.10 Å². The van der Waals surface area contributed by atoms with Crippen LogP contribution in [0.25, 0.3) is 23.0 Å². The summed E-state index contributed by atoms with van der Waals surface area (Å²) in [4.78, 5) is 28.3. The highest BCUT2D eigenvalue weighted by Crippen LogP contribution is 2.26. The molecule has 4 aromatic rings. The molecule has 1 fully saturated rings. The number of halogens is 1. The lowest BCUT2D eigenvalue weighted by Crippen LogP contribution is -2.19. The van der Waals surface area contributed by atoms with E-state index in [1.807, 2.05) is 42.5 Å². The summed E-state index contributed by atoms with van der Waals surface area (Å²) in [7, 11) is -1.42. The Morgan fingerprint density at radius 1 is 1.09 bits per heavy atom. The van der Waals surface area contributed by atoms with Crippen LogP contribution in [0.5, 0.6) is 0 Å². The van der Waals surface area contributed by atoms with Crippen molar-refractivity contribution in [3.8, 4) is 11.3 Å². The van der Waals surface area contributed by atoms with Gasteiger partial charge in [-0.05, 0) is 29.8 Å². The zero-order valence-electron chi connectivity index (χ0n) is 17.2. The second-order valence-corrected chi connectivity index (χ2v) is 9.36. The highest BCUT2D eigenvalue weighted by Gasteiger charge is 2.25. The van der Waals surface area contributed by atoms with Crippen molar-refractivity contribution in [1.29, 1.82) is 0 Å². The van der Waals surface area contributed by atoms with Gasteiger partial charge in [0.1, 0.15) is 5.03 Å². The third-order valence-corrected chi connectivity index (χ3v) is 6.81. The number of imide groups is 1. The van der Waals surface area contributed by atoms with Crippen molar-refractivity contribution < 1.29 is 13.8 Å². The molecule has 7 nitrogen and oxygen atoms in total. The number of nitrogens with one attached hydrogen (secondary N) is 1. The number of aromatic nitrogens is 3. The fourth-order valence-corrected chi connectivity index (χ4v) is 4.93. The van der Waals surface area contributed by atoms with Crippen molar-refractivity contribution in [3.05, 3.63) is 88.6 Å². The van der Waals surface area contributed by atoms with E-state index >= 15 is 0 Å². The Morgan fingerprint density at radius 3 is 2.55 bits per heavy atom. The lowest BCUT2D eigenvalue weighted by molar-refractivity contribution is -0.124. The number of nitrogens with zero attached hydrogens (tertiary/aromatic N) is 3. The standard InChI is InChI=1S/C24H17ClN4O3S/c25-19-8-6-16(7-9-19)20-12-22(33(32)14-15-4-2-1-3-5-15)29-23(27-20)18(13-26-29)10-17-11-21(30)28-24(17)31/h1-10,12-13H,11,14H2,(H,28,30,31)/b17-10+. The van der Waals surface area contributed by atoms with E-state index in [1.165, 1.54) is 4.52 Å². The van der Waals surface area contributed by atoms with E-state index in [2.05, 4.69) is 10.4 Å². The Morgan fingerprint density at radius 2 is 1.85 bits per heavy atom. The van der Waals surface area contributed by atoms with Crippen LogP contribution in [-0.4, -0.2) is 30.6 Å². The molecule has 1 saturated heterocycles. The van der Waals surface area contributed by atoms with Gasteiger partial charge in [-0.25, -0.2) is 9.50 Å². The molecule has 0 radical (unpaired) electrons. The first-order chi connectivity index (χ1) is 16.0. The van der Waals surface area contributed by atoms with Gasteiger partial charge in [-0.3, -0.25) is 19.1 Å². The molecule has 33 heavy (non-hydrogen) atoms. The topological polar surface area (TPSA) is 93.4 Å². The number of benzene rings is 2. The first-order valence-corrected chi connectivity index (χ1v) is 11.8. The number of rotatable bonds is 5. The molecule has 2 aromatic heterocycles. The van der Waals surface area contributed by atoms with E-state index in [1.54, 1.807) is 30.5 Å². The van der Waals surface area contributed by atoms with Crippen LogP contribution in [0, 0.1) is 0 Å². The minimum atomic E-state index is -1.42. The zero-order chi connectivity index (χ0) is 22.9. The summed E-state index contributed by atoms with van der Waals surface area (Å²) in [5.74, 6) is -0.462. The highest BCUT2D eigenvalue weighted by molar-refractivity contribution is 7.84. The Hall–Kier alpha value is -3.62. The molecule has 3 heterocycles. The molecule has 0 saturated carbocycles. The summed E-state index contributed by atoms with van der Waals surface area (Å²) < 4.78 is 14.9. The van der Waals surface area contributed by atoms with Gasteiger partial charge in [0.15, 0.2) is 5.65 Å². The molecule has 1 N–H and O–H groups in total. The van der Waals surface area contributed by atoms with Crippen molar-refractivity contribution in [2.24, 2.45) is 0 Å². The van der Waals surface area contributed by atoms with Crippen molar-refractivity contribution in [2.75, 3.05) is 0 Å². The molecule has 164 valence electrons. The Balaban J connectivity index is 1.65. The summed E-state index contributed by atoms with van der Waals surface area (Å²) >= 11 is 6.04. The maximum atomic E-state index is 13.4. The summed E-state index contributed by atoms with van der Waals surface area (Å²) in [6.07, 6.45) is 3.16. The van der Waals surface area contributed by atoms with Crippen molar-refractivity contribution in [2.45, 2.75) is 17.2 Å². The van der Waals surface area contributed by atoms with Crippen molar-refractivity contribution in [1.82, 2.24) is 19.9 Å². The van der Waals surface area contributed by atoms with Gasteiger partial charge in [0.25, 0.3) is 5.91 Å². The minimum absolute atomic E-state index is 0.000155. The molecule has 0 bridgehead atoms.